The van der Waals surface area contributed by atoms with E-state index >= 15 is 0 Å². The second-order valence-electron chi connectivity index (χ2n) is 4.28. The van der Waals surface area contributed by atoms with Crippen LogP contribution < -0.4 is 5.73 Å². The number of nitrogens with zero attached hydrogens (tertiary/aromatic N) is 1. The molecule has 6 heteroatoms. The summed E-state index contributed by atoms with van der Waals surface area (Å²) in [6.45, 7) is 0. The third kappa shape index (κ3) is 1.92. The van der Waals surface area contributed by atoms with E-state index in [-0.39, 0.29) is 17.0 Å². The average Bonchev–Trinajstić information content (AvgIpc) is 2.83. The van der Waals surface area contributed by atoms with Crippen LogP contribution in [0.4, 0.5) is 10.1 Å². The number of hydrogen-bond donors (Lipinski definition) is 2. The summed E-state index contributed by atoms with van der Waals surface area (Å²) in [4.78, 5) is 19.5. The van der Waals surface area contributed by atoms with Crippen molar-refractivity contribution in [2.45, 2.75) is 0 Å². The molecule has 100 valence electrons. The van der Waals surface area contributed by atoms with E-state index in [4.69, 9.17) is 17.3 Å². The molecule has 0 atom stereocenters. The molecule has 2 aromatic heterocycles. The minimum atomic E-state index is -0.488. The fourth-order valence-corrected chi connectivity index (χ4v) is 2.33. The number of carbonyl (C=O) groups is 1. The SMILES string of the molecule is Nc1cc(F)ccc1C(=O)c1c[nH]c2nccc(Cl)c12. The van der Waals surface area contributed by atoms with E-state index in [1.807, 2.05) is 0 Å². The van der Waals surface area contributed by atoms with Gasteiger partial charge in [-0.3, -0.25) is 4.79 Å². The van der Waals surface area contributed by atoms with Gasteiger partial charge in [0.15, 0.2) is 5.78 Å². The molecule has 0 saturated heterocycles. The first kappa shape index (κ1) is 12.6. The molecule has 0 unspecified atom stereocenters. The van der Waals surface area contributed by atoms with Gasteiger partial charge in [-0.1, -0.05) is 11.6 Å². The van der Waals surface area contributed by atoms with Crippen molar-refractivity contribution in [3.8, 4) is 0 Å². The normalized spacial score (nSPS) is 10.9. The number of pyridine rings is 1. The van der Waals surface area contributed by atoms with Crippen molar-refractivity contribution in [3.05, 3.63) is 58.6 Å². The molecule has 0 radical (unpaired) electrons. The van der Waals surface area contributed by atoms with Crippen LogP contribution in [0.3, 0.4) is 0 Å². The molecule has 2 heterocycles. The highest BCUT2D eigenvalue weighted by atomic mass is 35.5. The average molecular weight is 290 g/mol. The van der Waals surface area contributed by atoms with Gasteiger partial charge in [0.1, 0.15) is 11.5 Å². The molecule has 4 nitrogen and oxygen atoms in total. The summed E-state index contributed by atoms with van der Waals surface area (Å²) in [7, 11) is 0. The lowest BCUT2D eigenvalue weighted by Crippen LogP contribution is -2.05. The van der Waals surface area contributed by atoms with Crippen molar-refractivity contribution in [2.75, 3.05) is 5.73 Å². The zero-order chi connectivity index (χ0) is 14.3. The van der Waals surface area contributed by atoms with Crippen LogP contribution in [0.2, 0.25) is 5.02 Å². The van der Waals surface area contributed by atoms with Gasteiger partial charge in [-0.05, 0) is 24.3 Å². The van der Waals surface area contributed by atoms with E-state index in [0.29, 0.717) is 21.6 Å². The Morgan fingerprint density at radius 2 is 2.10 bits per heavy atom. The predicted octanol–water partition coefficient (Wildman–Crippen LogP) is 3.17. The Morgan fingerprint density at radius 3 is 2.85 bits per heavy atom. The van der Waals surface area contributed by atoms with Gasteiger partial charge in [-0.2, -0.15) is 0 Å². The number of nitrogen functional groups attached to an aromatic ring is 1. The fraction of sp³-hybridized carbons (Fsp3) is 0. The van der Waals surface area contributed by atoms with Gasteiger partial charge in [0.25, 0.3) is 0 Å². The molecule has 3 rings (SSSR count). The second-order valence-corrected chi connectivity index (χ2v) is 4.69. The number of rotatable bonds is 2. The molecule has 0 bridgehead atoms. The fourth-order valence-electron chi connectivity index (χ4n) is 2.08. The summed E-state index contributed by atoms with van der Waals surface area (Å²) in [6.07, 6.45) is 3.07. The number of nitrogens with one attached hydrogen (secondary N) is 1. The Bertz CT molecular complexity index is 828. The summed E-state index contributed by atoms with van der Waals surface area (Å²) >= 11 is 6.10. The zero-order valence-corrected chi connectivity index (χ0v) is 10.9. The van der Waals surface area contributed by atoms with E-state index in [2.05, 4.69) is 9.97 Å². The Kier molecular flexibility index (Phi) is 2.91. The minimum absolute atomic E-state index is 0.0874. The maximum Gasteiger partial charge on any atom is 0.197 e. The monoisotopic (exact) mass is 289 g/mol. The molecule has 0 saturated carbocycles. The van der Waals surface area contributed by atoms with Crippen molar-refractivity contribution < 1.29 is 9.18 Å². The number of aromatic amines is 1. The van der Waals surface area contributed by atoms with Crippen molar-refractivity contribution in [1.29, 1.82) is 0 Å². The summed E-state index contributed by atoms with van der Waals surface area (Å²) < 4.78 is 13.0. The molecular weight excluding hydrogens is 281 g/mol. The number of nitrogens with two attached hydrogens (primary N) is 1. The number of H-pyrrole nitrogens is 1. The number of benzene rings is 1. The number of hydrogen-bond acceptors (Lipinski definition) is 3. The molecule has 0 amide bonds. The Morgan fingerprint density at radius 1 is 1.30 bits per heavy atom. The number of carbonyl (C=O) groups excluding carboxylic acids is 1. The lowest BCUT2D eigenvalue weighted by molar-refractivity contribution is 0.104. The Balaban J connectivity index is 2.18. The Hall–Kier alpha value is -2.40. The highest BCUT2D eigenvalue weighted by molar-refractivity contribution is 6.37. The van der Waals surface area contributed by atoms with Gasteiger partial charge in [-0.25, -0.2) is 9.37 Å². The number of halogens is 2. The van der Waals surface area contributed by atoms with Crippen molar-refractivity contribution in [3.63, 3.8) is 0 Å². The summed E-state index contributed by atoms with van der Waals surface area (Å²) in [5, 5.41) is 0.947. The minimum Gasteiger partial charge on any atom is -0.398 e. The standard InChI is InChI=1S/C14H9ClFN3O/c15-10-3-4-18-14-12(10)9(6-19-14)13(20)8-2-1-7(16)5-11(8)17/h1-6H,17H2,(H,18,19). The molecule has 0 aliphatic rings. The first-order valence-electron chi connectivity index (χ1n) is 5.79. The third-order valence-electron chi connectivity index (χ3n) is 3.03. The van der Waals surface area contributed by atoms with Gasteiger partial charge < -0.3 is 10.7 Å². The molecule has 0 aliphatic carbocycles. The number of fused-ring (bicyclic) bond motifs is 1. The highest BCUT2D eigenvalue weighted by Crippen LogP contribution is 2.28. The molecule has 20 heavy (non-hydrogen) atoms. The van der Waals surface area contributed by atoms with Crippen LogP contribution in [-0.2, 0) is 0 Å². The van der Waals surface area contributed by atoms with Gasteiger partial charge in [-0.15, -0.1) is 0 Å². The van der Waals surface area contributed by atoms with Gasteiger partial charge >= 0.3 is 0 Å². The van der Waals surface area contributed by atoms with E-state index in [1.54, 1.807) is 12.3 Å². The Labute approximate surface area is 118 Å². The van der Waals surface area contributed by atoms with Gasteiger partial charge in [0.2, 0.25) is 0 Å². The molecule has 0 spiro atoms. The number of ketones is 1. The van der Waals surface area contributed by atoms with Gasteiger partial charge in [0.05, 0.1) is 10.6 Å². The van der Waals surface area contributed by atoms with Crippen LogP contribution in [0.15, 0.2) is 36.7 Å². The largest absolute Gasteiger partial charge is 0.398 e. The first-order chi connectivity index (χ1) is 9.58. The highest BCUT2D eigenvalue weighted by Gasteiger charge is 2.19. The van der Waals surface area contributed by atoms with Crippen LogP contribution >= 0.6 is 11.6 Å². The first-order valence-corrected chi connectivity index (χ1v) is 6.17. The van der Waals surface area contributed by atoms with E-state index in [1.165, 1.54) is 18.3 Å². The molecule has 3 aromatic rings. The zero-order valence-electron chi connectivity index (χ0n) is 10.2. The van der Waals surface area contributed by atoms with Gasteiger partial charge in [0, 0.05) is 29.0 Å². The molecule has 3 N–H and O–H groups in total. The maximum absolute atomic E-state index is 13.0. The molecular formula is C14H9ClFN3O. The lowest BCUT2D eigenvalue weighted by Gasteiger charge is -2.04. The second kappa shape index (κ2) is 4.61. The number of aromatic nitrogens is 2. The summed E-state index contributed by atoms with van der Waals surface area (Å²) in [5.74, 6) is -0.818. The molecule has 0 fully saturated rings. The molecule has 1 aromatic carbocycles. The van der Waals surface area contributed by atoms with Crippen LogP contribution in [-0.4, -0.2) is 15.8 Å². The van der Waals surface area contributed by atoms with Crippen molar-refractivity contribution >= 4 is 34.1 Å². The van der Waals surface area contributed by atoms with E-state index < -0.39 is 5.82 Å². The summed E-state index contributed by atoms with van der Waals surface area (Å²) in [5.41, 5.74) is 6.88. The van der Waals surface area contributed by atoms with E-state index in [0.717, 1.165) is 6.07 Å². The topological polar surface area (TPSA) is 71.8 Å². The van der Waals surface area contributed by atoms with Crippen LogP contribution in [0.1, 0.15) is 15.9 Å². The van der Waals surface area contributed by atoms with Crippen LogP contribution in [0.5, 0.6) is 0 Å². The predicted molar refractivity (Wildman–Crippen MR) is 75.3 cm³/mol. The van der Waals surface area contributed by atoms with Crippen LogP contribution in [0.25, 0.3) is 11.0 Å². The molecule has 0 aliphatic heterocycles. The van der Waals surface area contributed by atoms with Crippen molar-refractivity contribution in [2.24, 2.45) is 0 Å². The third-order valence-corrected chi connectivity index (χ3v) is 3.34. The van der Waals surface area contributed by atoms with Crippen molar-refractivity contribution in [1.82, 2.24) is 9.97 Å². The smallest absolute Gasteiger partial charge is 0.197 e. The quantitative estimate of drug-likeness (QED) is 0.562. The maximum atomic E-state index is 13.0. The number of anilines is 1. The lowest BCUT2D eigenvalue weighted by atomic mass is 10.0. The van der Waals surface area contributed by atoms with E-state index in [9.17, 15) is 9.18 Å². The van der Waals surface area contributed by atoms with Crippen LogP contribution in [0, 0.1) is 5.82 Å². The summed E-state index contributed by atoms with van der Waals surface area (Å²) in [6, 6.07) is 5.26.